The molecule has 2 N–H and O–H groups in total. The molecule has 0 unspecified atom stereocenters. The van der Waals surface area contributed by atoms with Crippen molar-refractivity contribution in [2.75, 3.05) is 13.2 Å². The molecule has 26 heavy (non-hydrogen) atoms. The van der Waals surface area contributed by atoms with Gasteiger partial charge in [-0.2, -0.15) is 0 Å². The van der Waals surface area contributed by atoms with Crippen LogP contribution in [-0.4, -0.2) is 32.8 Å². The number of hydrogen-bond donors (Lipinski definition) is 1. The molecule has 0 bridgehead atoms. The first-order valence-electron chi connectivity index (χ1n) is 8.31. The van der Waals surface area contributed by atoms with E-state index < -0.39 is 32.4 Å². The Kier molecular flexibility index (Phi) is 5.23. The van der Waals surface area contributed by atoms with Gasteiger partial charge in [0.2, 0.25) is 0 Å². The molecule has 1 fully saturated rings. The fourth-order valence-corrected chi connectivity index (χ4v) is 6.26. The lowest BCUT2D eigenvalue weighted by Crippen LogP contribution is -2.33. The number of benzene rings is 2. The predicted molar refractivity (Wildman–Crippen MR) is 102 cm³/mol. The molecule has 0 aliphatic heterocycles. The van der Waals surface area contributed by atoms with Crippen LogP contribution in [-0.2, 0) is 19.4 Å². The highest BCUT2D eigenvalue weighted by Gasteiger charge is 2.75. The molecule has 5 nitrogen and oxygen atoms in total. The molecule has 7 heteroatoms. The number of carbonyl (C=O) groups is 1. The molecular formula is C19H20BrNO4S. The normalized spacial score (nSPS) is 24.9. The Balaban J connectivity index is 2.11. The van der Waals surface area contributed by atoms with Gasteiger partial charge in [0.15, 0.2) is 9.84 Å². The molecule has 3 rings (SSSR count). The molecule has 0 aromatic heterocycles. The lowest BCUT2D eigenvalue weighted by molar-refractivity contribution is -0.149. The molecule has 138 valence electrons. The number of nitrogens with two attached hydrogens (primary N) is 1. The average Bonchev–Trinajstić information content (AvgIpc) is 3.35. The van der Waals surface area contributed by atoms with Crippen molar-refractivity contribution < 1.29 is 17.9 Å². The predicted octanol–water partition coefficient (Wildman–Crippen LogP) is 2.90. The third-order valence-electron chi connectivity index (χ3n) is 4.88. The molecule has 0 radical (unpaired) electrons. The van der Waals surface area contributed by atoms with Crippen molar-refractivity contribution in [3.8, 4) is 0 Å². The number of ether oxygens (including phenoxy) is 1. The van der Waals surface area contributed by atoms with E-state index in [9.17, 15) is 13.2 Å². The summed E-state index contributed by atoms with van der Waals surface area (Å²) < 4.78 is 32.6. The van der Waals surface area contributed by atoms with Gasteiger partial charge in [0.1, 0.15) is 5.41 Å². The van der Waals surface area contributed by atoms with Crippen molar-refractivity contribution in [3.63, 3.8) is 0 Å². The highest BCUT2D eigenvalue weighted by molar-refractivity contribution is 9.10. The Morgan fingerprint density at radius 2 is 1.77 bits per heavy atom. The van der Waals surface area contributed by atoms with Crippen LogP contribution in [0.4, 0.5) is 0 Å². The fourth-order valence-electron chi connectivity index (χ4n) is 3.59. The van der Waals surface area contributed by atoms with Gasteiger partial charge in [-0.1, -0.05) is 46.3 Å². The summed E-state index contributed by atoms with van der Waals surface area (Å²) in [7, 11) is -3.75. The highest BCUT2D eigenvalue weighted by atomic mass is 79.9. The van der Waals surface area contributed by atoms with E-state index in [0.717, 1.165) is 10.0 Å². The van der Waals surface area contributed by atoms with Crippen LogP contribution in [0.15, 0.2) is 64.0 Å². The Morgan fingerprint density at radius 1 is 1.15 bits per heavy atom. The van der Waals surface area contributed by atoms with Gasteiger partial charge in [0, 0.05) is 16.9 Å². The summed E-state index contributed by atoms with van der Waals surface area (Å²) in [4.78, 5) is 12.9. The van der Waals surface area contributed by atoms with Crippen LogP contribution in [0.2, 0.25) is 0 Å². The Hall–Kier alpha value is -1.70. The maximum absolute atomic E-state index is 13.3. The van der Waals surface area contributed by atoms with E-state index in [4.69, 9.17) is 10.5 Å². The second-order valence-corrected chi connectivity index (χ2v) is 9.26. The van der Waals surface area contributed by atoms with Crippen molar-refractivity contribution in [1.29, 1.82) is 0 Å². The lowest BCUT2D eigenvalue weighted by Gasteiger charge is -2.14. The summed E-state index contributed by atoms with van der Waals surface area (Å²) in [6, 6.07) is 15.4. The minimum atomic E-state index is -3.75. The molecule has 3 atom stereocenters. The number of halogens is 1. The van der Waals surface area contributed by atoms with Gasteiger partial charge in [0.25, 0.3) is 0 Å². The minimum Gasteiger partial charge on any atom is -0.465 e. The van der Waals surface area contributed by atoms with Crippen LogP contribution in [0.1, 0.15) is 18.4 Å². The second-order valence-electron chi connectivity index (χ2n) is 6.27. The summed E-state index contributed by atoms with van der Waals surface area (Å²) in [5.74, 6) is -1.09. The topological polar surface area (TPSA) is 86.5 Å². The number of rotatable bonds is 6. The van der Waals surface area contributed by atoms with Crippen LogP contribution in [0, 0.1) is 5.41 Å². The van der Waals surface area contributed by atoms with Crippen molar-refractivity contribution >= 4 is 31.7 Å². The Bertz CT molecular complexity index is 899. The number of carbonyl (C=O) groups excluding carboxylic acids is 1. The average molecular weight is 438 g/mol. The molecule has 2 aromatic carbocycles. The quantitative estimate of drug-likeness (QED) is 0.701. The number of esters is 1. The molecule has 2 aromatic rings. The molecular weight excluding hydrogens is 418 g/mol. The summed E-state index contributed by atoms with van der Waals surface area (Å²) in [5.41, 5.74) is 5.44. The number of sulfone groups is 1. The fraction of sp³-hybridized carbons (Fsp3) is 0.316. The summed E-state index contributed by atoms with van der Waals surface area (Å²) in [6.07, 6.45) is 0. The van der Waals surface area contributed by atoms with Crippen LogP contribution < -0.4 is 5.73 Å². The van der Waals surface area contributed by atoms with E-state index >= 15 is 0 Å². The van der Waals surface area contributed by atoms with Crippen LogP contribution in [0.3, 0.4) is 0 Å². The van der Waals surface area contributed by atoms with Gasteiger partial charge in [0.05, 0.1) is 16.8 Å². The van der Waals surface area contributed by atoms with Crippen LogP contribution in [0.25, 0.3) is 0 Å². The van der Waals surface area contributed by atoms with Crippen LogP contribution >= 0.6 is 15.9 Å². The van der Waals surface area contributed by atoms with Gasteiger partial charge in [-0.3, -0.25) is 4.79 Å². The van der Waals surface area contributed by atoms with Crippen molar-refractivity contribution in [3.05, 3.63) is 64.6 Å². The van der Waals surface area contributed by atoms with E-state index in [2.05, 4.69) is 15.9 Å². The largest absolute Gasteiger partial charge is 0.465 e. The molecule has 0 spiro atoms. The highest BCUT2D eigenvalue weighted by Crippen LogP contribution is 2.64. The van der Waals surface area contributed by atoms with Gasteiger partial charge >= 0.3 is 5.97 Å². The molecule has 1 aliphatic carbocycles. The van der Waals surface area contributed by atoms with Crippen molar-refractivity contribution in [1.82, 2.24) is 0 Å². The SMILES string of the molecule is CCOC(=O)[C@]1(CN)[C@@H](c2ccc(Br)cc2)[C@@H]1S(=O)(=O)c1ccccc1. The lowest BCUT2D eigenvalue weighted by atomic mass is 9.99. The minimum absolute atomic E-state index is 0.0940. The third-order valence-corrected chi connectivity index (χ3v) is 7.70. The molecule has 0 heterocycles. The summed E-state index contributed by atoms with van der Waals surface area (Å²) >= 11 is 3.37. The Labute approximate surface area is 161 Å². The van der Waals surface area contributed by atoms with Gasteiger partial charge < -0.3 is 10.5 Å². The Morgan fingerprint density at radius 3 is 2.31 bits per heavy atom. The van der Waals surface area contributed by atoms with Crippen LogP contribution in [0.5, 0.6) is 0 Å². The zero-order valence-corrected chi connectivity index (χ0v) is 16.7. The van der Waals surface area contributed by atoms with E-state index in [1.165, 1.54) is 0 Å². The second kappa shape index (κ2) is 7.13. The van der Waals surface area contributed by atoms with Gasteiger partial charge in [-0.25, -0.2) is 8.42 Å². The van der Waals surface area contributed by atoms with Gasteiger partial charge in [-0.15, -0.1) is 0 Å². The third kappa shape index (κ3) is 2.98. The molecule has 1 saturated carbocycles. The first-order valence-corrected chi connectivity index (χ1v) is 10.6. The van der Waals surface area contributed by atoms with Gasteiger partial charge in [-0.05, 0) is 36.8 Å². The molecule has 0 amide bonds. The molecule has 0 saturated heterocycles. The maximum atomic E-state index is 13.3. The number of hydrogen-bond acceptors (Lipinski definition) is 5. The summed E-state index contributed by atoms with van der Waals surface area (Å²) in [6.45, 7) is 1.77. The summed E-state index contributed by atoms with van der Waals surface area (Å²) in [5, 5.41) is -0.942. The van der Waals surface area contributed by atoms with Crippen molar-refractivity contribution in [2.45, 2.75) is 23.0 Å². The monoisotopic (exact) mass is 437 g/mol. The van der Waals surface area contributed by atoms with E-state index in [0.29, 0.717) is 0 Å². The smallest absolute Gasteiger partial charge is 0.315 e. The first-order chi connectivity index (χ1) is 12.4. The first kappa shape index (κ1) is 19.1. The zero-order chi connectivity index (χ0) is 18.9. The standard InChI is InChI=1S/C19H20BrNO4S/c1-2-25-18(22)19(12-21)16(13-8-10-14(20)11-9-13)17(19)26(23,24)15-6-4-3-5-7-15/h3-11,16-17H,2,12,21H2,1H3/t16-,17-,19+/m0/s1. The van der Waals surface area contributed by atoms with E-state index in [1.54, 1.807) is 37.3 Å². The molecule has 1 aliphatic rings. The van der Waals surface area contributed by atoms with Crippen molar-refractivity contribution in [2.24, 2.45) is 11.1 Å². The van der Waals surface area contributed by atoms with E-state index in [1.807, 2.05) is 24.3 Å². The maximum Gasteiger partial charge on any atom is 0.315 e. The zero-order valence-electron chi connectivity index (χ0n) is 14.3. The van der Waals surface area contributed by atoms with E-state index in [-0.39, 0.29) is 18.0 Å².